The second-order valence-corrected chi connectivity index (χ2v) is 7.50. The van der Waals surface area contributed by atoms with Gasteiger partial charge in [-0.15, -0.1) is 0 Å². The van der Waals surface area contributed by atoms with Crippen molar-refractivity contribution in [3.05, 3.63) is 36.3 Å². The molecule has 10 nitrogen and oxygen atoms in total. The Morgan fingerprint density at radius 3 is 2.88 bits per heavy atom. The fraction of sp³-hybridized carbons (Fsp3) is 0.316. The largest absolute Gasteiger partial charge is 0.405 e. The van der Waals surface area contributed by atoms with Crippen molar-refractivity contribution in [2.75, 3.05) is 34.8 Å². The van der Waals surface area contributed by atoms with Crippen molar-refractivity contribution in [3.8, 4) is 0 Å². The van der Waals surface area contributed by atoms with Crippen LogP contribution in [0.4, 0.5) is 35.4 Å². The Balaban J connectivity index is 1.43. The first-order chi connectivity index (χ1) is 15.3. The number of hydrogen-bond acceptors (Lipinski definition) is 6. The number of aromatic amines is 1. The Bertz CT molecular complexity index is 1210. The second kappa shape index (κ2) is 7.35. The molecule has 32 heavy (non-hydrogen) atoms. The van der Waals surface area contributed by atoms with Gasteiger partial charge in [-0.25, -0.2) is 19.7 Å². The minimum Gasteiger partial charge on any atom is -0.366 e. The van der Waals surface area contributed by atoms with Gasteiger partial charge in [-0.2, -0.15) is 13.2 Å². The summed E-state index contributed by atoms with van der Waals surface area (Å²) in [4.78, 5) is 44.4. The lowest BCUT2D eigenvalue weighted by Gasteiger charge is -2.35. The molecule has 2 aliphatic rings. The maximum atomic E-state index is 13.1. The average Bonchev–Trinajstić information content (AvgIpc) is 3.38. The van der Waals surface area contributed by atoms with Gasteiger partial charge in [0.05, 0.1) is 29.0 Å². The number of anilines is 3. The quantitative estimate of drug-likeness (QED) is 0.568. The number of carbonyl (C=O) groups excluding carboxylic acids is 2. The Kier molecular flexibility index (Phi) is 4.60. The minimum absolute atomic E-state index is 0.100. The summed E-state index contributed by atoms with van der Waals surface area (Å²) in [5.74, 6) is -0.665. The van der Waals surface area contributed by atoms with E-state index in [1.165, 1.54) is 11.0 Å². The van der Waals surface area contributed by atoms with Crippen LogP contribution in [0.15, 0.2) is 30.6 Å². The number of rotatable bonds is 3. The highest BCUT2D eigenvalue weighted by molar-refractivity contribution is 6.04. The number of nitrogens with zero attached hydrogens (tertiary/aromatic N) is 5. The predicted molar refractivity (Wildman–Crippen MR) is 109 cm³/mol. The zero-order chi connectivity index (χ0) is 22.5. The van der Waals surface area contributed by atoms with Crippen molar-refractivity contribution < 1.29 is 22.8 Å². The smallest absolute Gasteiger partial charge is 0.366 e. The molecule has 0 spiro atoms. The third-order valence-corrected chi connectivity index (χ3v) is 5.37. The predicted octanol–water partition coefficient (Wildman–Crippen LogP) is 2.28. The van der Waals surface area contributed by atoms with Gasteiger partial charge in [0.1, 0.15) is 12.2 Å². The van der Waals surface area contributed by atoms with E-state index < -0.39 is 24.7 Å². The number of hydrogen-bond donors (Lipinski definition) is 3. The third kappa shape index (κ3) is 3.65. The van der Waals surface area contributed by atoms with Crippen LogP contribution in [0, 0.1) is 0 Å². The van der Waals surface area contributed by atoms with Gasteiger partial charge in [-0.05, 0) is 24.6 Å². The van der Waals surface area contributed by atoms with E-state index in [4.69, 9.17) is 0 Å². The first kappa shape index (κ1) is 20.0. The molecule has 5 heterocycles. The molecule has 0 radical (unpaired) electrons. The molecular weight excluding hydrogens is 429 g/mol. The highest BCUT2D eigenvalue weighted by Gasteiger charge is 2.41. The summed E-state index contributed by atoms with van der Waals surface area (Å²) in [5, 5.41) is 4.45. The Morgan fingerprint density at radius 1 is 1.22 bits per heavy atom. The molecule has 5 rings (SSSR count). The minimum atomic E-state index is -4.54. The van der Waals surface area contributed by atoms with Crippen molar-refractivity contribution in [3.63, 3.8) is 0 Å². The number of H-pyrrole nitrogens is 1. The van der Waals surface area contributed by atoms with E-state index in [0.717, 1.165) is 0 Å². The number of aromatic nitrogens is 4. The van der Waals surface area contributed by atoms with Crippen LogP contribution in [-0.4, -0.2) is 63.7 Å². The van der Waals surface area contributed by atoms with Crippen LogP contribution >= 0.6 is 0 Å². The maximum Gasteiger partial charge on any atom is 0.405 e. The lowest BCUT2D eigenvalue weighted by molar-refractivity contribution is -0.123. The van der Waals surface area contributed by atoms with Crippen LogP contribution in [0.1, 0.15) is 16.9 Å². The highest BCUT2D eigenvalue weighted by Crippen LogP contribution is 2.39. The molecule has 1 saturated heterocycles. The van der Waals surface area contributed by atoms with E-state index >= 15 is 0 Å². The molecule has 13 heteroatoms. The third-order valence-electron chi connectivity index (χ3n) is 5.37. The van der Waals surface area contributed by atoms with E-state index in [9.17, 15) is 22.8 Å². The van der Waals surface area contributed by atoms with Crippen molar-refractivity contribution in [2.45, 2.75) is 18.6 Å². The molecule has 1 unspecified atom stereocenters. The van der Waals surface area contributed by atoms with Crippen LogP contribution in [0.5, 0.6) is 0 Å². The number of fused-ring (bicyclic) bond motifs is 5. The zero-order valence-corrected chi connectivity index (χ0v) is 16.5. The zero-order valence-electron chi connectivity index (χ0n) is 16.5. The van der Waals surface area contributed by atoms with Crippen LogP contribution in [0.3, 0.4) is 0 Å². The van der Waals surface area contributed by atoms with Crippen LogP contribution in [0.2, 0.25) is 0 Å². The van der Waals surface area contributed by atoms with E-state index in [-0.39, 0.29) is 23.5 Å². The summed E-state index contributed by atoms with van der Waals surface area (Å²) in [6, 6.07) is 3.94. The van der Waals surface area contributed by atoms with Crippen molar-refractivity contribution >= 4 is 40.4 Å². The van der Waals surface area contributed by atoms with E-state index in [1.807, 2.05) is 4.90 Å². The fourth-order valence-electron chi connectivity index (χ4n) is 3.93. The normalized spacial score (nSPS) is 17.4. The molecule has 3 aromatic rings. The number of alkyl halides is 3. The van der Waals surface area contributed by atoms with Gasteiger partial charge in [-0.3, -0.25) is 15.0 Å². The number of urea groups is 1. The lowest BCUT2D eigenvalue weighted by Crippen LogP contribution is -2.48. The molecule has 0 aromatic carbocycles. The first-order valence-electron chi connectivity index (χ1n) is 9.80. The van der Waals surface area contributed by atoms with Crippen LogP contribution < -0.4 is 20.4 Å². The molecule has 1 atom stereocenters. The van der Waals surface area contributed by atoms with E-state index in [0.29, 0.717) is 36.2 Å². The molecule has 0 saturated carbocycles. The standard InChI is InChI=1S/C19H17F3N8O2/c20-19(21,22)9-25-16(31)12-1-2-14-15(26-12)30(10-4-6-29(14)8-10)18(32)28-17-24-7-13-11(27-17)3-5-23-13/h1-3,5,7,10,23H,4,6,8-9H2,(H,25,31)(H,24,27,28,32). The molecule has 0 aliphatic carbocycles. The molecule has 2 bridgehead atoms. The summed E-state index contributed by atoms with van der Waals surface area (Å²) in [5.41, 5.74) is 1.76. The van der Waals surface area contributed by atoms with Crippen LogP contribution in [-0.2, 0) is 0 Å². The molecular formula is C19H17F3N8O2. The summed E-state index contributed by atoms with van der Waals surface area (Å²) in [6.45, 7) is -0.198. The number of carbonyl (C=O) groups is 2. The maximum absolute atomic E-state index is 13.1. The fourth-order valence-corrected chi connectivity index (χ4v) is 3.93. The Hall–Kier alpha value is -3.90. The lowest BCUT2D eigenvalue weighted by atomic mass is 10.1. The van der Waals surface area contributed by atoms with Crippen LogP contribution in [0.25, 0.3) is 11.0 Å². The Morgan fingerprint density at radius 2 is 2.06 bits per heavy atom. The Labute approximate surface area is 178 Å². The van der Waals surface area contributed by atoms with Gasteiger partial charge >= 0.3 is 12.2 Å². The van der Waals surface area contributed by atoms with Crippen molar-refractivity contribution in [2.24, 2.45) is 0 Å². The monoisotopic (exact) mass is 446 g/mol. The van der Waals surface area contributed by atoms with Gasteiger partial charge in [0.25, 0.3) is 5.91 Å². The summed E-state index contributed by atoms with van der Waals surface area (Å²) in [6.07, 6.45) is -0.618. The number of amides is 3. The number of pyridine rings is 1. The topological polar surface area (TPSA) is 119 Å². The molecule has 3 aromatic heterocycles. The summed E-state index contributed by atoms with van der Waals surface area (Å²) in [7, 11) is 0. The van der Waals surface area contributed by atoms with Gasteiger partial charge in [0, 0.05) is 19.3 Å². The van der Waals surface area contributed by atoms with Crippen molar-refractivity contribution in [1.82, 2.24) is 25.3 Å². The molecule has 166 valence electrons. The average molecular weight is 446 g/mol. The van der Waals surface area contributed by atoms with E-state index in [1.54, 1.807) is 29.8 Å². The van der Waals surface area contributed by atoms with Crippen molar-refractivity contribution in [1.29, 1.82) is 0 Å². The van der Waals surface area contributed by atoms with Gasteiger partial charge in [-0.1, -0.05) is 0 Å². The molecule has 3 amide bonds. The van der Waals surface area contributed by atoms with E-state index in [2.05, 4.69) is 25.3 Å². The number of nitrogens with one attached hydrogen (secondary N) is 3. The second-order valence-electron chi connectivity index (χ2n) is 7.50. The molecule has 1 fully saturated rings. The SMILES string of the molecule is O=C(NCC(F)(F)F)c1ccc2c(n1)N(C(=O)Nc1ncc3[nH]ccc3n1)C1CCN2C1. The van der Waals surface area contributed by atoms with Gasteiger partial charge in [0.2, 0.25) is 5.95 Å². The number of halogens is 3. The molecule has 3 N–H and O–H groups in total. The summed E-state index contributed by atoms with van der Waals surface area (Å²) >= 11 is 0. The summed E-state index contributed by atoms with van der Waals surface area (Å²) < 4.78 is 37.4. The van der Waals surface area contributed by atoms with Gasteiger partial charge in [0.15, 0.2) is 5.82 Å². The molecule has 2 aliphatic heterocycles. The highest BCUT2D eigenvalue weighted by atomic mass is 19.4. The van der Waals surface area contributed by atoms with Gasteiger partial charge < -0.3 is 15.2 Å². The first-order valence-corrected chi connectivity index (χ1v) is 9.80.